The van der Waals surface area contributed by atoms with Gasteiger partial charge in [0.25, 0.3) is 0 Å². The maximum Gasteiger partial charge on any atom is 0.353 e. The van der Waals surface area contributed by atoms with Crippen LogP contribution in [0.4, 0.5) is 17.3 Å². The van der Waals surface area contributed by atoms with Crippen molar-refractivity contribution in [3.05, 3.63) is 16.4 Å². The fourth-order valence-corrected chi connectivity index (χ4v) is 1.54. The van der Waals surface area contributed by atoms with Crippen molar-refractivity contribution in [3.63, 3.8) is 0 Å². The van der Waals surface area contributed by atoms with Crippen molar-refractivity contribution in [2.24, 2.45) is 0 Å². The minimum atomic E-state index is -0.521. The Balaban J connectivity index is 2.90. The van der Waals surface area contributed by atoms with Gasteiger partial charge in [-0.05, 0) is 19.8 Å². The summed E-state index contributed by atoms with van der Waals surface area (Å²) >= 11 is 0. The van der Waals surface area contributed by atoms with Crippen LogP contribution < -0.4 is 10.6 Å². The number of nitrogens with zero attached hydrogens (tertiary/aromatic N) is 3. The number of aliphatic hydroxyl groups excluding tert-OH is 1. The first kappa shape index (κ1) is 14.1. The molecule has 8 heteroatoms. The molecular formula is C10H17N5O3. The summed E-state index contributed by atoms with van der Waals surface area (Å²) in [7, 11) is 1.56. The number of aliphatic hydroxyl groups is 1. The highest BCUT2D eigenvalue weighted by Crippen LogP contribution is 2.28. The summed E-state index contributed by atoms with van der Waals surface area (Å²) in [6.45, 7) is 1.97. The summed E-state index contributed by atoms with van der Waals surface area (Å²) in [6.07, 6.45) is 2.60. The molecule has 1 rings (SSSR count). The first-order valence-corrected chi connectivity index (χ1v) is 5.64. The van der Waals surface area contributed by atoms with Gasteiger partial charge in [-0.1, -0.05) is 0 Å². The van der Waals surface area contributed by atoms with Gasteiger partial charge in [-0.25, -0.2) is 9.97 Å². The molecule has 0 bridgehead atoms. The SMILES string of the molecule is CNc1ncnc(NC(C)CCCO)c1[N+](=O)[O-]. The fraction of sp³-hybridized carbons (Fsp3) is 0.600. The number of nitrogens with one attached hydrogen (secondary N) is 2. The van der Waals surface area contributed by atoms with E-state index >= 15 is 0 Å². The van der Waals surface area contributed by atoms with Gasteiger partial charge in [-0.2, -0.15) is 0 Å². The molecule has 0 radical (unpaired) electrons. The van der Waals surface area contributed by atoms with Crippen LogP contribution in [0.3, 0.4) is 0 Å². The minimum Gasteiger partial charge on any atom is -0.396 e. The Kier molecular flexibility index (Phi) is 5.25. The molecule has 0 saturated carbocycles. The van der Waals surface area contributed by atoms with Gasteiger partial charge in [0.1, 0.15) is 6.33 Å². The van der Waals surface area contributed by atoms with E-state index in [0.717, 1.165) is 0 Å². The van der Waals surface area contributed by atoms with Crippen molar-refractivity contribution in [2.75, 3.05) is 24.3 Å². The lowest BCUT2D eigenvalue weighted by atomic mass is 10.2. The molecule has 1 atom stereocenters. The Bertz CT molecular complexity index is 412. The van der Waals surface area contributed by atoms with E-state index in [-0.39, 0.29) is 30.0 Å². The van der Waals surface area contributed by atoms with Gasteiger partial charge in [-0.3, -0.25) is 10.1 Å². The highest BCUT2D eigenvalue weighted by Gasteiger charge is 2.22. The number of rotatable bonds is 7. The molecule has 0 amide bonds. The molecule has 1 heterocycles. The predicted molar refractivity (Wildman–Crippen MR) is 67.6 cm³/mol. The molecule has 8 nitrogen and oxygen atoms in total. The molecular weight excluding hydrogens is 238 g/mol. The lowest BCUT2D eigenvalue weighted by Crippen LogP contribution is -2.18. The van der Waals surface area contributed by atoms with Crippen LogP contribution in [0.2, 0.25) is 0 Å². The number of hydrogen-bond donors (Lipinski definition) is 3. The second-order valence-electron chi connectivity index (χ2n) is 3.84. The van der Waals surface area contributed by atoms with E-state index < -0.39 is 4.92 Å². The van der Waals surface area contributed by atoms with Gasteiger partial charge in [0.15, 0.2) is 0 Å². The van der Waals surface area contributed by atoms with Crippen molar-refractivity contribution >= 4 is 17.3 Å². The molecule has 3 N–H and O–H groups in total. The number of nitro groups is 1. The van der Waals surface area contributed by atoms with E-state index in [0.29, 0.717) is 12.8 Å². The Labute approximate surface area is 105 Å². The van der Waals surface area contributed by atoms with E-state index in [1.807, 2.05) is 6.92 Å². The molecule has 0 aliphatic heterocycles. The molecule has 1 unspecified atom stereocenters. The Morgan fingerprint density at radius 3 is 2.72 bits per heavy atom. The van der Waals surface area contributed by atoms with Gasteiger partial charge >= 0.3 is 5.69 Å². The fourth-order valence-electron chi connectivity index (χ4n) is 1.54. The zero-order chi connectivity index (χ0) is 13.5. The molecule has 0 aliphatic rings. The highest BCUT2D eigenvalue weighted by atomic mass is 16.6. The van der Waals surface area contributed by atoms with Crippen molar-refractivity contribution < 1.29 is 10.0 Å². The van der Waals surface area contributed by atoms with Crippen LogP contribution >= 0.6 is 0 Å². The standard InChI is InChI=1S/C10H17N5O3/c1-7(4-3-5-16)14-10-8(15(17)18)9(11-2)12-6-13-10/h6-7,16H,3-5H2,1-2H3,(H2,11,12,13,14). The number of hydrogen-bond acceptors (Lipinski definition) is 7. The zero-order valence-corrected chi connectivity index (χ0v) is 10.4. The van der Waals surface area contributed by atoms with Crippen LogP contribution in [0, 0.1) is 10.1 Å². The highest BCUT2D eigenvalue weighted by molar-refractivity contribution is 5.69. The summed E-state index contributed by atoms with van der Waals surface area (Å²) < 4.78 is 0. The first-order chi connectivity index (χ1) is 8.60. The van der Waals surface area contributed by atoms with Crippen molar-refractivity contribution in [1.82, 2.24) is 9.97 Å². The van der Waals surface area contributed by atoms with Crippen LogP contribution in [0.5, 0.6) is 0 Å². The molecule has 1 aromatic rings. The summed E-state index contributed by atoms with van der Waals surface area (Å²) in [5.74, 6) is 0.358. The molecule has 0 fully saturated rings. The third kappa shape index (κ3) is 3.52. The Hall–Kier alpha value is -1.96. The third-order valence-corrected chi connectivity index (χ3v) is 2.42. The monoisotopic (exact) mass is 255 g/mol. The molecule has 100 valence electrons. The molecule has 18 heavy (non-hydrogen) atoms. The van der Waals surface area contributed by atoms with E-state index in [9.17, 15) is 10.1 Å². The normalized spacial score (nSPS) is 11.9. The molecule has 0 aromatic carbocycles. The number of anilines is 2. The largest absolute Gasteiger partial charge is 0.396 e. The summed E-state index contributed by atoms with van der Waals surface area (Å²) in [5, 5.41) is 25.4. The average Bonchev–Trinajstić information content (AvgIpc) is 2.35. The topological polar surface area (TPSA) is 113 Å². The van der Waals surface area contributed by atoms with E-state index in [1.54, 1.807) is 7.05 Å². The molecule has 0 aliphatic carbocycles. The molecule has 1 aromatic heterocycles. The summed E-state index contributed by atoms with van der Waals surface area (Å²) in [4.78, 5) is 18.2. The Morgan fingerprint density at radius 1 is 1.50 bits per heavy atom. The lowest BCUT2D eigenvalue weighted by molar-refractivity contribution is -0.383. The molecule has 0 saturated heterocycles. The minimum absolute atomic E-state index is 0.0181. The van der Waals surface area contributed by atoms with Crippen molar-refractivity contribution in [3.8, 4) is 0 Å². The van der Waals surface area contributed by atoms with E-state index in [2.05, 4.69) is 20.6 Å². The second kappa shape index (κ2) is 6.70. The van der Waals surface area contributed by atoms with Gasteiger partial charge in [0, 0.05) is 19.7 Å². The smallest absolute Gasteiger partial charge is 0.353 e. The predicted octanol–water partition coefficient (Wildman–Crippen LogP) is 0.999. The van der Waals surface area contributed by atoms with Gasteiger partial charge < -0.3 is 15.7 Å². The van der Waals surface area contributed by atoms with Gasteiger partial charge in [0.05, 0.1) is 4.92 Å². The third-order valence-electron chi connectivity index (χ3n) is 2.42. The van der Waals surface area contributed by atoms with Crippen molar-refractivity contribution in [2.45, 2.75) is 25.8 Å². The maximum atomic E-state index is 11.0. The lowest BCUT2D eigenvalue weighted by Gasteiger charge is -2.14. The van der Waals surface area contributed by atoms with Gasteiger partial charge in [-0.15, -0.1) is 0 Å². The number of aromatic nitrogens is 2. The second-order valence-corrected chi connectivity index (χ2v) is 3.84. The summed E-state index contributed by atoms with van der Waals surface area (Å²) in [5.41, 5.74) is -0.171. The first-order valence-electron chi connectivity index (χ1n) is 5.64. The summed E-state index contributed by atoms with van der Waals surface area (Å²) in [6, 6.07) is -0.0181. The van der Waals surface area contributed by atoms with Crippen LogP contribution in [0.1, 0.15) is 19.8 Å². The van der Waals surface area contributed by atoms with E-state index in [1.165, 1.54) is 6.33 Å². The van der Waals surface area contributed by atoms with E-state index in [4.69, 9.17) is 5.11 Å². The Morgan fingerprint density at radius 2 is 2.17 bits per heavy atom. The van der Waals surface area contributed by atoms with Crippen LogP contribution in [0.15, 0.2) is 6.33 Å². The maximum absolute atomic E-state index is 11.0. The quantitative estimate of drug-likeness (QED) is 0.492. The zero-order valence-electron chi connectivity index (χ0n) is 10.4. The average molecular weight is 255 g/mol. The van der Waals surface area contributed by atoms with Crippen LogP contribution in [-0.2, 0) is 0 Å². The molecule has 0 spiro atoms. The van der Waals surface area contributed by atoms with Crippen LogP contribution in [0.25, 0.3) is 0 Å². The van der Waals surface area contributed by atoms with Crippen LogP contribution in [-0.4, -0.2) is 39.7 Å². The van der Waals surface area contributed by atoms with Gasteiger partial charge in [0.2, 0.25) is 11.6 Å². The van der Waals surface area contributed by atoms with Crippen molar-refractivity contribution in [1.29, 1.82) is 0 Å².